The fourth-order valence-corrected chi connectivity index (χ4v) is 3.17. The summed E-state index contributed by atoms with van der Waals surface area (Å²) in [4.78, 5) is 11.2. The van der Waals surface area contributed by atoms with E-state index in [1.165, 1.54) is 6.92 Å². The molecule has 1 aromatic rings. The molecule has 0 aliphatic rings. The zero-order valence-electron chi connectivity index (χ0n) is 13.0. The third-order valence-corrected chi connectivity index (χ3v) is 4.89. The van der Waals surface area contributed by atoms with Crippen molar-refractivity contribution >= 4 is 13.8 Å². The van der Waals surface area contributed by atoms with Crippen LogP contribution in [0.3, 0.4) is 0 Å². The van der Waals surface area contributed by atoms with Gasteiger partial charge in [0.1, 0.15) is 0 Å². The van der Waals surface area contributed by atoms with Crippen molar-refractivity contribution in [1.82, 2.24) is 0 Å². The number of phosphoric ester groups is 1. The summed E-state index contributed by atoms with van der Waals surface area (Å²) in [6.07, 6.45) is 1.26. The van der Waals surface area contributed by atoms with Crippen LogP contribution in [0, 0.1) is 0 Å². The number of hydrogen-bond donors (Lipinski definition) is 0. The molecule has 6 heteroatoms. The monoisotopic (exact) mass is 314 g/mol. The lowest BCUT2D eigenvalue weighted by Gasteiger charge is -2.30. The molecule has 0 aromatic heterocycles. The molecule has 0 spiro atoms. The first-order valence-corrected chi connectivity index (χ1v) is 8.48. The van der Waals surface area contributed by atoms with E-state index in [0.717, 1.165) is 5.56 Å². The Balaban J connectivity index is 2.83. The molecule has 1 atom stereocenters. The van der Waals surface area contributed by atoms with Crippen LogP contribution in [-0.4, -0.2) is 11.6 Å². The van der Waals surface area contributed by atoms with Crippen LogP contribution in [-0.2, 0) is 29.5 Å². The number of benzene rings is 1. The summed E-state index contributed by atoms with van der Waals surface area (Å²) < 4.78 is 28.3. The zero-order chi connectivity index (χ0) is 15.9. The van der Waals surface area contributed by atoms with Gasteiger partial charge in [-0.05, 0) is 25.3 Å². The minimum atomic E-state index is -3.95. The van der Waals surface area contributed by atoms with Crippen molar-refractivity contribution in [3.05, 3.63) is 35.9 Å². The second-order valence-electron chi connectivity index (χ2n) is 5.04. The molecule has 0 heterocycles. The second kappa shape index (κ2) is 7.74. The van der Waals surface area contributed by atoms with Crippen LogP contribution in [0.1, 0.15) is 46.1 Å². The summed E-state index contributed by atoms with van der Waals surface area (Å²) in [5.41, 5.74) is 0.157. The van der Waals surface area contributed by atoms with Crippen LogP contribution in [0.5, 0.6) is 0 Å². The maximum Gasteiger partial charge on any atom is 0.533 e. The van der Waals surface area contributed by atoms with Gasteiger partial charge in [-0.15, -0.1) is 0 Å². The molecular weight excluding hydrogens is 291 g/mol. The third-order valence-electron chi connectivity index (χ3n) is 3.30. The Labute approximate surface area is 126 Å². The Kier molecular flexibility index (Phi) is 6.59. The first kappa shape index (κ1) is 17.9. The Hall–Kier alpha value is -1.16. The summed E-state index contributed by atoms with van der Waals surface area (Å²) in [7, 11) is -3.95. The summed E-state index contributed by atoms with van der Waals surface area (Å²) in [5, 5.41) is 0. The summed E-state index contributed by atoms with van der Waals surface area (Å²) in [6, 6.07) is 9.22. The summed E-state index contributed by atoms with van der Waals surface area (Å²) in [5.74, 6) is -0.694. The van der Waals surface area contributed by atoms with E-state index in [2.05, 4.69) is 0 Å². The van der Waals surface area contributed by atoms with Crippen molar-refractivity contribution in [2.45, 2.75) is 52.7 Å². The zero-order valence-corrected chi connectivity index (χ0v) is 13.9. The van der Waals surface area contributed by atoms with Gasteiger partial charge in [0.25, 0.3) is 0 Å². The highest BCUT2D eigenvalue weighted by molar-refractivity contribution is 7.49. The molecule has 0 aliphatic heterocycles. The fourth-order valence-electron chi connectivity index (χ4n) is 1.61. The molecule has 0 N–H and O–H groups in total. The van der Waals surface area contributed by atoms with Gasteiger partial charge in [-0.25, -0.2) is 4.57 Å². The summed E-state index contributed by atoms with van der Waals surface area (Å²) >= 11 is 0. The van der Waals surface area contributed by atoms with E-state index in [4.69, 9.17) is 13.6 Å². The summed E-state index contributed by atoms with van der Waals surface area (Å²) in [6.45, 7) is 6.87. The second-order valence-corrected chi connectivity index (χ2v) is 6.56. The van der Waals surface area contributed by atoms with Crippen molar-refractivity contribution in [2.75, 3.05) is 0 Å². The number of carbonyl (C=O) groups is 1. The SMILES string of the molecule is CCC(C)(CC)OP(=O)(OCc1ccccc1)OC(C)=O. The minimum absolute atomic E-state index is 0.0505. The van der Waals surface area contributed by atoms with Gasteiger partial charge in [0.2, 0.25) is 0 Å². The molecule has 0 saturated carbocycles. The lowest BCUT2D eigenvalue weighted by molar-refractivity contribution is -0.135. The molecule has 1 aromatic carbocycles. The first-order valence-electron chi connectivity index (χ1n) is 7.02. The molecule has 0 saturated heterocycles. The number of carbonyl (C=O) groups excluding carboxylic acids is 1. The van der Waals surface area contributed by atoms with E-state index < -0.39 is 19.4 Å². The van der Waals surface area contributed by atoms with E-state index >= 15 is 0 Å². The van der Waals surface area contributed by atoms with Crippen molar-refractivity contribution in [1.29, 1.82) is 0 Å². The van der Waals surface area contributed by atoms with Crippen molar-refractivity contribution in [3.8, 4) is 0 Å². The van der Waals surface area contributed by atoms with Gasteiger partial charge in [-0.3, -0.25) is 13.8 Å². The van der Waals surface area contributed by atoms with Crippen LogP contribution < -0.4 is 0 Å². The van der Waals surface area contributed by atoms with Gasteiger partial charge in [0, 0.05) is 6.92 Å². The van der Waals surface area contributed by atoms with Gasteiger partial charge < -0.3 is 4.52 Å². The minimum Gasteiger partial charge on any atom is -0.371 e. The van der Waals surface area contributed by atoms with Crippen LogP contribution in [0.4, 0.5) is 0 Å². The molecule has 0 aliphatic carbocycles. The quantitative estimate of drug-likeness (QED) is 0.662. The van der Waals surface area contributed by atoms with E-state index in [-0.39, 0.29) is 6.61 Å². The molecule has 0 radical (unpaired) electrons. The van der Waals surface area contributed by atoms with E-state index in [0.29, 0.717) is 12.8 Å². The van der Waals surface area contributed by atoms with Crippen molar-refractivity contribution in [2.24, 2.45) is 0 Å². The van der Waals surface area contributed by atoms with Crippen LogP contribution >= 0.6 is 7.82 Å². The Morgan fingerprint density at radius 2 is 1.76 bits per heavy atom. The predicted octanol–water partition coefficient (Wildman–Crippen LogP) is 4.47. The van der Waals surface area contributed by atoms with Crippen LogP contribution in [0.25, 0.3) is 0 Å². The van der Waals surface area contributed by atoms with Crippen molar-refractivity contribution in [3.63, 3.8) is 0 Å². The largest absolute Gasteiger partial charge is 0.533 e. The molecular formula is C15H23O5P. The highest BCUT2D eigenvalue weighted by Gasteiger charge is 2.38. The number of rotatable bonds is 8. The van der Waals surface area contributed by atoms with E-state index in [9.17, 15) is 9.36 Å². The van der Waals surface area contributed by atoms with Gasteiger partial charge in [-0.1, -0.05) is 44.2 Å². The Morgan fingerprint density at radius 3 is 2.24 bits per heavy atom. The lowest BCUT2D eigenvalue weighted by Crippen LogP contribution is -2.26. The molecule has 5 nitrogen and oxygen atoms in total. The van der Waals surface area contributed by atoms with Crippen LogP contribution in [0.15, 0.2) is 30.3 Å². The molecule has 1 rings (SSSR count). The van der Waals surface area contributed by atoms with Crippen molar-refractivity contribution < 1.29 is 22.9 Å². The van der Waals surface area contributed by atoms with Gasteiger partial charge in [0.15, 0.2) is 0 Å². The van der Waals surface area contributed by atoms with Crippen LogP contribution in [0.2, 0.25) is 0 Å². The van der Waals surface area contributed by atoms with Gasteiger partial charge >= 0.3 is 13.8 Å². The Morgan fingerprint density at radius 1 is 1.19 bits per heavy atom. The van der Waals surface area contributed by atoms with E-state index in [1.54, 1.807) is 0 Å². The first-order chi connectivity index (χ1) is 9.82. The highest BCUT2D eigenvalue weighted by Crippen LogP contribution is 2.54. The predicted molar refractivity (Wildman–Crippen MR) is 80.7 cm³/mol. The topological polar surface area (TPSA) is 61.8 Å². The third kappa shape index (κ3) is 6.00. The average molecular weight is 314 g/mol. The molecule has 1 unspecified atom stereocenters. The Bertz CT molecular complexity index is 496. The number of phosphoric acid groups is 1. The fraction of sp³-hybridized carbons (Fsp3) is 0.533. The average Bonchev–Trinajstić information content (AvgIpc) is 2.45. The smallest absolute Gasteiger partial charge is 0.371 e. The molecule has 0 fully saturated rings. The maximum absolute atomic E-state index is 12.6. The molecule has 0 amide bonds. The highest BCUT2D eigenvalue weighted by atomic mass is 31.2. The molecule has 21 heavy (non-hydrogen) atoms. The number of hydrogen-bond acceptors (Lipinski definition) is 5. The normalized spacial score (nSPS) is 14.5. The van der Waals surface area contributed by atoms with Gasteiger partial charge in [0.05, 0.1) is 12.2 Å². The van der Waals surface area contributed by atoms with Gasteiger partial charge in [-0.2, -0.15) is 0 Å². The molecule has 118 valence electrons. The lowest BCUT2D eigenvalue weighted by atomic mass is 10.0. The standard InChI is InChI=1S/C15H23O5P/c1-5-15(4,6-2)20-21(17,19-13(3)16)18-12-14-10-8-7-9-11-14/h7-11H,5-6,12H2,1-4H3. The van der Waals surface area contributed by atoms with E-state index in [1.807, 2.05) is 51.1 Å². The maximum atomic E-state index is 12.6. The molecule has 0 bridgehead atoms.